The van der Waals surface area contributed by atoms with Crippen LogP contribution in [0, 0.1) is 6.92 Å². The van der Waals surface area contributed by atoms with Gasteiger partial charge in [0.25, 0.3) is 0 Å². The summed E-state index contributed by atoms with van der Waals surface area (Å²) in [7, 11) is -4.05. The summed E-state index contributed by atoms with van der Waals surface area (Å²) >= 11 is 10.2. The minimum atomic E-state index is -2.07. The van der Waals surface area contributed by atoms with Gasteiger partial charge in [0, 0.05) is 28.0 Å². The normalized spacial score (nSPS) is 10.5. The third-order valence-electron chi connectivity index (χ3n) is 9.87. The fourth-order valence-corrected chi connectivity index (χ4v) is 13.1. The number of aromatic nitrogens is 2. The maximum atomic E-state index is 6.73. The minimum Gasteiger partial charge on any atom is -0.343 e. The molecule has 8 rings (SSSR count). The SMILES string of the molecule is Brc1cccc(-c2ccccn2)c1.C[Si](Cl)(c1ccccc1)c1ccccc1.C[Si](c1ccccc1)(c1ccccc1)c1cccc(-c2ccccn2)c1.[CH2-]CCC.[Li+]. The van der Waals surface area contributed by atoms with Crippen molar-refractivity contribution < 1.29 is 18.9 Å². The van der Waals surface area contributed by atoms with Crippen LogP contribution in [0.4, 0.5) is 0 Å². The molecule has 292 valence electrons. The zero-order chi connectivity index (χ0) is 41.1. The largest absolute Gasteiger partial charge is 1.00 e. The third kappa shape index (κ3) is 13.5. The Morgan fingerprint density at radius 2 is 0.831 bits per heavy atom. The number of halogens is 2. The number of pyridine rings is 2. The molecule has 0 atom stereocenters. The molecule has 0 N–H and O–H groups in total. The summed E-state index contributed by atoms with van der Waals surface area (Å²) in [6.07, 6.45) is 5.93. The van der Waals surface area contributed by atoms with Crippen molar-refractivity contribution in [3.63, 3.8) is 0 Å². The van der Waals surface area contributed by atoms with Crippen molar-refractivity contribution in [2.45, 2.75) is 32.9 Å². The van der Waals surface area contributed by atoms with Crippen molar-refractivity contribution in [2.75, 3.05) is 0 Å². The maximum absolute atomic E-state index is 6.73. The Labute approximate surface area is 379 Å². The predicted molar refractivity (Wildman–Crippen MR) is 260 cm³/mol. The van der Waals surface area contributed by atoms with Gasteiger partial charge in [-0.25, -0.2) is 0 Å². The molecule has 2 aromatic heterocycles. The summed E-state index contributed by atoms with van der Waals surface area (Å²) < 4.78 is 1.08. The molecule has 0 bridgehead atoms. The van der Waals surface area contributed by atoms with Crippen molar-refractivity contribution in [2.24, 2.45) is 0 Å². The molecule has 0 aliphatic carbocycles. The van der Waals surface area contributed by atoms with Crippen LogP contribution in [0.15, 0.2) is 223 Å². The smallest absolute Gasteiger partial charge is 0.343 e. The molecule has 2 nitrogen and oxygen atoms in total. The van der Waals surface area contributed by atoms with E-state index >= 15 is 0 Å². The van der Waals surface area contributed by atoms with Gasteiger partial charge in [-0.15, -0.1) is 0 Å². The fourth-order valence-electron chi connectivity index (χ4n) is 6.42. The molecule has 0 aliphatic rings. The Morgan fingerprint density at radius 3 is 1.20 bits per heavy atom. The fraction of sp³-hybridized carbons (Fsp3) is 0.0962. The van der Waals surface area contributed by atoms with Crippen molar-refractivity contribution in [3.05, 3.63) is 230 Å². The zero-order valence-electron chi connectivity index (χ0n) is 34.6. The third-order valence-corrected chi connectivity index (χ3v) is 19.0. The zero-order valence-corrected chi connectivity index (χ0v) is 38.9. The van der Waals surface area contributed by atoms with Crippen LogP contribution in [-0.4, -0.2) is 25.4 Å². The average Bonchev–Trinajstić information content (AvgIpc) is 3.31. The van der Waals surface area contributed by atoms with Crippen LogP contribution in [-0.2, 0) is 0 Å². The van der Waals surface area contributed by atoms with Gasteiger partial charge in [0.2, 0.25) is 7.38 Å². The predicted octanol–water partition coefficient (Wildman–Crippen LogP) is 8.60. The Balaban J connectivity index is 0.000000199. The van der Waals surface area contributed by atoms with E-state index in [1.807, 2.05) is 91.1 Å². The van der Waals surface area contributed by atoms with E-state index < -0.39 is 15.5 Å². The van der Waals surface area contributed by atoms with Crippen LogP contribution < -0.4 is 44.8 Å². The van der Waals surface area contributed by atoms with Crippen LogP contribution in [0.25, 0.3) is 22.5 Å². The van der Waals surface area contributed by atoms with E-state index in [1.165, 1.54) is 37.9 Å². The molecule has 6 aromatic carbocycles. The Bertz CT molecular complexity index is 2270. The standard InChI is InChI=1S/C24H21NSi.C13H13ClSi.C11H8BrN.C4H9.Li/c1-26(21-12-4-2-5-13-21,22-14-6-3-7-15-22)23-16-10-11-20(19-23)24-17-8-9-18-25-24;1-15(14,12-8-4-2-5-9-12)13-10-6-3-7-11-13;12-10-5-3-4-9(8-10)11-6-1-2-7-13-11;1-3-4-2;/h2-19H,1H3;2-11H,1H3;1-8H;1,3-4H2,2H3;/q;;;-1;+1. The van der Waals surface area contributed by atoms with E-state index in [1.54, 1.807) is 6.20 Å². The van der Waals surface area contributed by atoms with Gasteiger partial charge in [0.05, 0.1) is 11.4 Å². The molecule has 0 spiro atoms. The number of benzene rings is 6. The average molecular weight is 882 g/mol. The molecular weight excluding hydrogens is 831 g/mol. The first kappa shape index (κ1) is 47.1. The molecule has 0 saturated carbocycles. The monoisotopic (exact) mass is 880 g/mol. The Hall–Kier alpha value is -4.58. The molecule has 0 unspecified atom stereocenters. The molecule has 0 amide bonds. The van der Waals surface area contributed by atoms with E-state index in [4.69, 9.17) is 11.1 Å². The topological polar surface area (TPSA) is 25.8 Å². The van der Waals surface area contributed by atoms with Crippen LogP contribution in [0.3, 0.4) is 0 Å². The summed E-state index contributed by atoms with van der Waals surface area (Å²) in [6, 6.07) is 71.6. The minimum absolute atomic E-state index is 0. The molecule has 0 aliphatic heterocycles. The summed E-state index contributed by atoms with van der Waals surface area (Å²) in [6.45, 7) is 10.3. The van der Waals surface area contributed by atoms with Gasteiger partial charge in [0.1, 0.15) is 8.07 Å². The molecule has 8 aromatic rings. The van der Waals surface area contributed by atoms with Gasteiger partial charge < -0.3 is 6.92 Å². The number of hydrogen-bond acceptors (Lipinski definition) is 2. The van der Waals surface area contributed by atoms with E-state index in [0.717, 1.165) is 27.8 Å². The summed E-state index contributed by atoms with van der Waals surface area (Å²) in [5.74, 6) is 0. The van der Waals surface area contributed by atoms with Gasteiger partial charge in [-0.3, -0.25) is 9.97 Å². The second-order valence-corrected chi connectivity index (χ2v) is 24.3. The Kier molecular flexibility index (Phi) is 19.6. The Morgan fingerprint density at radius 1 is 0.475 bits per heavy atom. The molecule has 2 heterocycles. The van der Waals surface area contributed by atoms with Crippen LogP contribution in [0.5, 0.6) is 0 Å². The van der Waals surface area contributed by atoms with Crippen LogP contribution in [0.2, 0.25) is 13.1 Å². The van der Waals surface area contributed by atoms with Gasteiger partial charge in [0.15, 0.2) is 0 Å². The molecule has 7 heteroatoms. The maximum Gasteiger partial charge on any atom is 1.00 e. The quantitative estimate of drug-likeness (QED) is 0.0662. The van der Waals surface area contributed by atoms with Crippen LogP contribution in [0.1, 0.15) is 19.8 Å². The van der Waals surface area contributed by atoms with Gasteiger partial charge in [-0.1, -0.05) is 206 Å². The van der Waals surface area contributed by atoms with Gasteiger partial charge >= 0.3 is 18.9 Å². The first-order valence-corrected chi connectivity index (χ1v) is 26.5. The summed E-state index contributed by atoms with van der Waals surface area (Å²) in [5, 5.41) is 6.77. The van der Waals surface area contributed by atoms with Crippen molar-refractivity contribution in [3.8, 4) is 22.5 Å². The van der Waals surface area contributed by atoms with E-state index in [-0.39, 0.29) is 18.9 Å². The molecule has 0 fully saturated rings. The summed E-state index contributed by atoms with van der Waals surface area (Å²) in [4.78, 5) is 8.80. The number of rotatable bonds is 8. The van der Waals surface area contributed by atoms with Crippen LogP contribution >= 0.6 is 27.0 Å². The summed E-state index contributed by atoms with van der Waals surface area (Å²) in [5.41, 5.74) is 4.33. The van der Waals surface area contributed by atoms with Gasteiger partial charge in [-0.2, -0.15) is 17.5 Å². The second kappa shape index (κ2) is 24.5. The second-order valence-electron chi connectivity index (χ2n) is 14.0. The van der Waals surface area contributed by atoms with E-state index in [2.05, 4.69) is 174 Å². The molecule has 0 saturated heterocycles. The van der Waals surface area contributed by atoms with E-state index in [0.29, 0.717) is 0 Å². The molecular formula is C52H51BrClLiN2Si2. The molecule has 59 heavy (non-hydrogen) atoms. The number of nitrogens with zero attached hydrogens (tertiary/aromatic N) is 2. The first-order chi connectivity index (χ1) is 28.3. The van der Waals surface area contributed by atoms with Gasteiger partial charge in [-0.05, 0) is 68.9 Å². The molecule has 0 radical (unpaired) electrons. The van der Waals surface area contributed by atoms with Crippen molar-refractivity contribution in [1.29, 1.82) is 0 Å². The number of unbranched alkanes of at least 4 members (excludes halogenated alkanes) is 1. The van der Waals surface area contributed by atoms with E-state index in [9.17, 15) is 0 Å². The number of hydrogen-bond donors (Lipinski definition) is 0. The van der Waals surface area contributed by atoms with Crippen molar-refractivity contribution in [1.82, 2.24) is 9.97 Å². The first-order valence-electron chi connectivity index (χ1n) is 19.7. The van der Waals surface area contributed by atoms with Crippen molar-refractivity contribution >= 4 is 68.4 Å².